The highest BCUT2D eigenvalue weighted by molar-refractivity contribution is 7.14. The number of fused-ring (bicyclic) bond motifs is 1. The van der Waals surface area contributed by atoms with Gasteiger partial charge in [0.25, 0.3) is 5.69 Å². The molecule has 1 N–H and O–H groups in total. The standard InChI is InChI=1S/C18H13N5O2S/c24-23(25)16-7-6-15(13-8-9-19-10-14(13)16)20-11-17-21-22-18(26-17)12-4-2-1-3-5-12/h1-10,20H,11H2. The van der Waals surface area contributed by atoms with Gasteiger partial charge in [-0.3, -0.25) is 15.1 Å². The molecule has 0 fully saturated rings. The molecule has 0 amide bonds. The average Bonchev–Trinajstić information content (AvgIpc) is 3.15. The largest absolute Gasteiger partial charge is 0.378 e. The van der Waals surface area contributed by atoms with Gasteiger partial charge in [-0.1, -0.05) is 41.7 Å². The zero-order valence-electron chi connectivity index (χ0n) is 13.5. The van der Waals surface area contributed by atoms with Crippen LogP contribution >= 0.6 is 11.3 Å². The zero-order valence-corrected chi connectivity index (χ0v) is 14.3. The van der Waals surface area contributed by atoms with Crippen LogP contribution in [0.1, 0.15) is 5.01 Å². The van der Waals surface area contributed by atoms with Gasteiger partial charge < -0.3 is 5.32 Å². The van der Waals surface area contributed by atoms with Crippen LogP contribution in [0.5, 0.6) is 0 Å². The molecule has 0 atom stereocenters. The smallest absolute Gasteiger partial charge is 0.278 e. The van der Waals surface area contributed by atoms with Gasteiger partial charge in [0.05, 0.1) is 16.9 Å². The molecular formula is C18H13N5O2S. The Morgan fingerprint density at radius 1 is 1.04 bits per heavy atom. The molecule has 0 radical (unpaired) electrons. The Kier molecular flexibility index (Phi) is 4.24. The molecule has 4 rings (SSSR count). The fourth-order valence-electron chi connectivity index (χ4n) is 2.68. The number of aromatic nitrogens is 3. The number of rotatable bonds is 5. The van der Waals surface area contributed by atoms with Gasteiger partial charge in [-0.25, -0.2) is 0 Å². The number of hydrogen-bond acceptors (Lipinski definition) is 7. The van der Waals surface area contributed by atoms with E-state index in [1.54, 1.807) is 18.3 Å². The number of hydrogen-bond donors (Lipinski definition) is 1. The van der Waals surface area contributed by atoms with Gasteiger partial charge in [-0.05, 0) is 12.1 Å². The van der Waals surface area contributed by atoms with Crippen molar-refractivity contribution in [2.24, 2.45) is 0 Å². The highest BCUT2D eigenvalue weighted by atomic mass is 32.1. The second kappa shape index (κ2) is 6.85. The second-order valence-electron chi connectivity index (χ2n) is 5.53. The first kappa shape index (κ1) is 16.1. The molecule has 0 unspecified atom stereocenters. The van der Waals surface area contributed by atoms with Crippen LogP contribution in [0.4, 0.5) is 11.4 Å². The van der Waals surface area contributed by atoms with Gasteiger partial charge in [0.1, 0.15) is 10.0 Å². The number of nitrogens with zero attached hydrogens (tertiary/aromatic N) is 4. The topological polar surface area (TPSA) is 93.8 Å². The summed E-state index contributed by atoms with van der Waals surface area (Å²) in [5.41, 5.74) is 1.87. The molecule has 128 valence electrons. The molecule has 7 nitrogen and oxygen atoms in total. The molecule has 4 aromatic rings. The minimum Gasteiger partial charge on any atom is -0.378 e. The Bertz CT molecular complexity index is 1080. The Morgan fingerprint density at radius 3 is 2.69 bits per heavy atom. The molecule has 0 saturated carbocycles. The molecule has 2 aromatic carbocycles. The number of benzene rings is 2. The highest BCUT2D eigenvalue weighted by Gasteiger charge is 2.14. The number of non-ortho nitro benzene ring substituents is 1. The van der Waals surface area contributed by atoms with E-state index in [1.165, 1.54) is 23.6 Å². The summed E-state index contributed by atoms with van der Waals surface area (Å²) < 4.78 is 0. The maximum absolute atomic E-state index is 11.2. The van der Waals surface area contributed by atoms with E-state index in [2.05, 4.69) is 20.5 Å². The maximum atomic E-state index is 11.2. The van der Waals surface area contributed by atoms with E-state index in [4.69, 9.17) is 0 Å². The molecule has 0 aliphatic rings. The van der Waals surface area contributed by atoms with Crippen LogP contribution in [0.3, 0.4) is 0 Å². The lowest BCUT2D eigenvalue weighted by Gasteiger charge is -2.08. The summed E-state index contributed by atoms with van der Waals surface area (Å²) in [6.45, 7) is 0.486. The predicted octanol–water partition coefficient (Wildman–Crippen LogP) is 4.27. The third-order valence-corrected chi connectivity index (χ3v) is 4.88. The van der Waals surface area contributed by atoms with E-state index < -0.39 is 4.92 Å². The molecule has 2 aromatic heterocycles. The van der Waals surface area contributed by atoms with E-state index in [-0.39, 0.29) is 5.69 Å². The minimum atomic E-state index is -0.398. The van der Waals surface area contributed by atoms with Crippen LogP contribution < -0.4 is 5.32 Å². The van der Waals surface area contributed by atoms with Gasteiger partial charge >= 0.3 is 0 Å². The van der Waals surface area contributed by atoms with E-state index in [1.807, 2.05) is 30.3 Å². The van der Waals surface area contributed by atoms with Crippen molar-refractivity contribution in [2.45, 2.75) is 6.54 Å². The fourth-order valence-corrected chi connectivity index (χ4v) is 3.47. The van der Waals surface area contributed by atoms with Gasteiger partial charge in [0, 0.05) is 35.1 Å². The summed E-state index contributed by atoms with van der Waals surface area (Å²) >= 11 is 1.51. The molecule has 0 spiro atoms. The third-order valence-electron chi connectivity index (χ3n) is 3.91. The van der Waals surface area contributed by atoms with Crippen molar-refractivity contribution >= 4 is 33.5 Å². The van der Waals surface area contributed by atoms with Crippen molar-refractivity contribution in [2.75, 3.05) is 5.32 Å². The van der Waals surface area contributed by atoms with Crippen LogP contribution in [0.15, 0.2) is 60.9 Å². The van der Waals surface area contributed by atoms with Crippen molar-refractivity contribution in [1.82, 2.24) is 15.2 Å². The third kappa shape index (κ3) is 3.09. The molecule has 8 heteroatoms. The van der Waals surface area contributed by atoms with Gasteiger partial charge in [-0.2, -0.15) is 0 Å². The average molecular weight is 363 g/mol. The lowest BCUT2D eigenvalue weighted by molar-refractivity contribution is -0.383. The summed E-state index contributed by atoms with van der Waals surface area (Å²) in [6.07, 6.45) is 3.13. The van der Waals surface area contributed by atoms with E-state index in [9.17, 15) is 10.1 Å². The lowest BCUT2D eigenvalue weighted by atomic mass is 10.1. The van der Waals surface area contributed by atoms with Crippen LogP contribution in [0.2, 0.25) is 0 Å². The van der Waals surface area contributed by atoms with Gasteiger partial charge in [-0.15, -0.1) is 10.2 Å². The Labute approximate surface area is 152 Å². The van der Waals surface area contributed by atoms with E-state index in [0.29, 0.717) is 11.9 Å². The highest BCUT2D eigenvalue weighted by Crippen LogP contribution is 2.31. The molecule has 0 aliphatic heterocycles. The Balaban J connectivity index is 1.58. The van der Waals surface area contributed by atoms with E-state index in [0.717, 1.165) is 26.7 Å². The molecular weight excluding hydrogens is 350 g/mol. The molecule has 0 aliphatic carbocycles. The van der Waals surface area contributed by atoms with Crippen molar-refractivity contribution in [3.8, 4) is 10.6 Å². The van der Waals surface area contributed by atoms with Gasteiger partial charge in [0.15, 0.2) is 0 Å². The second-order valence-corrected chi connectivity index (χ2v) is 6.59. The van der Waals surface area contributed by atoms with Crippen LogP contribution in [-0.2, 0) is 6.54 Å². The Hall–Kier alpha value is -3.39. The minimum absolute atomic E-state index is 0.0425. The van der Waals surface area contributed by atoms with Crippen LogP contribution in [0.25, 0.3) is 21.3 Å². The van der Waals surface area contributed by atoms with Crippen molar-refractivity contribution in [1.29, 1.82) is 0 Å². The number of nitro benzene ring substituents is 1. The summed E-state index contributed by atoms with van der Waals surface area (Å²) in [7, 11) is 0. The van der Waals surface area contributed by atoms with Crippen LogP contribution in [0, 0.1) is 10.1 Å². The fraction of sp³-hybridized carbons (Fsp3) is 0.0556. The van der Waals surface area contributed by atoms with Crippen molar-refractivity contribution in [3.63, 3.8) is 0 Å². The zero-order chi connectivity index (χ0) is 17.9. The normalized spacial score (nSPS) is 10.8. The van der Waals surface area contributed by atoms with E-state index >= 15 is 0 Å². The molecule has 0 saturated heterocycles. The predicted molar refractivity (Wildman–Crippen MR) is 101 cm³/mol. The summed E-state index contributed by atoms with van der Waals surface area (Å²) in [5, 5.41) is 25.9. The van der Waals surface area contributed by atoms with Crippen LogP contribution in [-0.4, -0.2) is 20.1 Å². The van der Waals surface area contributed by atoms with Gasteiger partial charge in [0.2, 0.25) is 0 Å². The molecule has 0 bridgehead atoms. The Morgan fingerprint density at radius 2 is 1.88 bits per heavy atom. The number of anilines is 1. The quantitative estimate of drug-likeness (QED) is 0.420. The maximum Gasteiger partial charge on any atom is 0.278 e. The monoisotopic (exact) mass is 363 g/mol. The summed E-state index contributed by atoms with van der Waals surface area (Å²) in [6, 6.07) is 14.8. The van der Waals surface area contributed by atoms with Crippen molar-refractivity contribution in [3.05, 3.63) is 76.0 Å². The summed E-state index contributed by atoms with van der Waals surface area (Å²) in [4.78, 5) is 14.8. The first-order valence-corrected chi connectivity index (χ1v) is 8.67. The number of nitrogens with one attached hydrogen (secondary N) is 1. The number of pyridine rings is 1. The SMILES string of the molecule is O=[N+]([O-])c1ccc(NCc2nnc(-c3ccccc3)s2)c2ccncc12. The lowest BCUT2D eigenvalue weighted by Crippen LogP contribution is -2.00. The molecule has 26 heavy (non-hydrogen) atoms. The number of nitro groups is 1. The molecule has 2 heterocycles. The first-order chi connectivity index (χ1) is 12.7. The van der Waals surface area contributed by atoms with Crippen molar-refractivity contribution < 1.29 is 4.92 Å². The first-order valence-electron chi connectivity index (χ1n) is 7.85. The summed E-state index contributed by atoms with van der Waals surface area (Å²) in [5.74, 6) is 0.